The van der Waals surface area contributed by atoms with Crippen molar-refractivity contribution in [2.75, 3.05) is 6.54 Å². The van der Waals surface area contributed by atoms with Crippen LogP contribution in [0.25, 0.3) is 0 Å². The number of rotatable bonds is 0. The van der Waals surface area contributed by atoms with Gasteiger partial charge in [-0.3, -0.25) is 0 Å². The Kier molecular flexibility index (Phi) is 6.54. The highest BCUT2D eigenvalue weighted by Gasteiger charge is 2.23. The lowest BCUT2D eigenvalue weighted by Gasteiger charge is -2.31. The van der Waals surface area contributed by atoms with Gasteiger partial charge in [-0.25, -0.2) is 0 Å². The normalized spacial score (nSPS) is 30.4. The summed E-state index contributed by atoms with van der Waals surface area (Å²) in [6.07, 6.45) is 11.3. The van der Waals surface area contributed by atoms with Crippen molar-refractivity contribution in [3.8, 4) is 0 Å². The van der Waals surface area contributed by atoms with Crippen LogP contribution in [0.3, 0.4) is 0 Å². The van der Waals surface area contributed by atoms with Gasteiger partial charge < -0.3 is 5.32 Å². The molecule has 1 N–H and O–H groups in total. The largest absolute Gasteiger partial charge is 0.314 e. The lowest BCUT2D eigenvalue weighted by molar-refractivity contribution is 0.199. The molecule has 1 saturated heterocycles. The van der Waals surface area contributed by atoms with Gasteiger partial charge in [0.25, 0.3) is 0 Å². The Hall–Kier alpha value is -0.0400. The van der Waals surface area contributed by atoms with Crippen molar-refractivity contribution in [1.29, 1.82) is 0 Å². The fourth-order valence-corrected chi connectivity index (χ4v) is 2.99. The molecule has 0 amide bonds. The van der Waals surface area contributed by atoms with E-state index in [1.807, 2.05) is 0 Å². The monoisotopic (exact) mass is 239 g/mol. The second kappa shape index (κ2) is 7.41. The minimum absolute atomic E-state index is 0.508. The van der Waals surface area contributed by atoms with E-state index in [0.717, 1.165) is 12.0 Å². The molecule has 102 valence electrons. The van der Waals surface area contributed by atoms with E-state index in [2.05, 4.69) is 33.0 Å². The molecular weight excluding hydrogens is 206 g/mol. The van der Waals surface area contributed by atoms with Crippen LogP contribution < -0.4 is 5.32 Å². The summed E-state index contributed by atoms with van der Waals surface area (Å²) >= 11 is 0. The molecule has 1 fully saturated rings. The molecule has 1 aliphatic heterocycles. The second-order valence-corrected chi connectivity index (χ2v) is 7.05. The zero-order chi connectivity index (χ0) is 12.7. The molecule has 0 aliphatic carbocycles. The quantitative estimate of drug-likeness (QED) is 0.642. The molecule has 1 nitrogen and oxygen atoms in total. The van der Waals surface area contributed by atoms with Crippen molar-refractivity contribution in [1.82, 2.24) is 5.32 Å². The third kappa shape index (κ3) is 6.45. The summed E-state index contributed by atoms with van der Waals surface area (Å²) in [6.45, 7) is 10.8. The predicted octanol–water partition coefficient (Wildman–Crippen LogP) is 4.76. The van der Waals surface area contributed by atoms with Gasteiger partial charge in [0.05, 0.1) is 0 Å². The summed E-state index contributed by atoms with van der Waals surface area (Å²) in [5.74, 6) is 0.935. The highest BCUT2D eigenvalue weighted by molar-refractivity contribution is 4.75. The summed E-state index contributed by atoms with van der Waals surface area (Å²) < 4.78 is 0. The summed E-state index contributed by atoms with van der Waals surface area (Å²) in [6, 6.07) is 0.725. The number of hydrogen-bond acceptors (Lipinski definition) is 1. The minimum Gasteiger partial charge on any atom is -0.314 e. The second-order valence-electron chi connectivity index (χ2n) is 7.05. The predicted molar refractivity (Wildman–Crippen MR) is 77.3 cm³/mol. The third-order valence-corrected chi connectivity index (χ3v) is 4.39. The summed E-state index contributed by atoms with van der Waals surface area (Å²) in [4.78, 5) is 0. The van der Waals surface area contributed by atoms with Gasteiger partial charge in [-0.05, 0) is 50.5 Å². The third-order valence-electron chi connectivity index (χ3n) is 4.39. The molecule has 1 aliphatic rings. The maximum Gasteiger partial charge on any atom is 0.00387 e. The molecule has 2 unspecified atom stereocenters. The van der Waals surface area contributed by atoms with E-state index < -0.39 is 0 Å². The van der Waals surface area contributed by atoms with Crippen LogP contribution in [-0.4, -0.2) is 12.6 Å². The minimum atomic E-state index is 0.508. The van der Waals surface area contributed by atoms with Gasteiger partial charge >= 0.3 is 0 Å². The fraction of sp³-hybridized carbons (Fsp3) is 1.00. The molecule has 0 aromatic carbocycles. The van der Waals surface area contributed by atoms with Crippen molar-refractivity contribution in [2.24, 2.45) is 11.3 Å². The number of hydrogen-bond donors (Lipinski definition) is 1. The van der Waals surface area contributed by atoms with Gasteiger partial charge in [0.15, 0.2) is 0 Å². The van der Waals surface area contributed by atoms with Crippen LogP contribution in [0, 0.1) is 11.3 Å². The van der Waals surface area contributed by atoms with Crippen molar-refractivity contribution in [3.63, 3.8) is 0 Å². The molecule has 0 bridgehead atoms. The van der Waals surface area contributed by atoms with Gasteiger partial charge in [0.1, 0.15) is 0 Å². The SMILES string of the molecule is CC1CCCCC(C(C)(C)C)CCCCCN1. The molecule has 1 heteroatoms. The van der Waals surface area contributed by atoms with E-state index in [-0.39, 0.29) is 0 Å². The van der Waals surface area contributed by atoms with Gasteiger partial charge in [-0.2, -0.15) is 0 Å². The maximum absolute atomic E-state index is 3.64. The van der Waals surface area contributed by atoms with E-state index in [1.54, 1.807) is 0 Å². The molecule has 1 rings (SSSR count). The standard InChI is InChI=1S/C16H33N/c1-14-10-7-8-12-15(16(2,3)4)11-6-5-9-13-17-14/h14-15,17H,5-13H2,1-4H3. The lowest BCUT2D eigenvalue weighted by Crippen LogP contribution is -2.27. The summed E-state index contributed by atoms with van der Waals surface area (Å²) in [5, 5.41) is 3.64. The highest BCUT2D eigenvalue weighted by Crippen LogP contribution is 2.34. The van der Waals surface area contributed by atoms with Crippen LogP contribution in [0.2, 0.25) is 0 Å². The maximum atomic E-state index is 3.64. The molecular formula is C16H33N. The van der Waals surface area contributed by atoms with Crippen LogP contribution in [0.1, 0.15) is 79.1 Å². The van der Waals surface area contributed by atoms with Gasteiger partial charge in [-0.15, -0.1) is 0 Å². The lowest BCUT2D eigenvalue weighted by atomic mass is 9.75. The molecule has 0 aromatic heterocycles. The molecule has 0 spiro atoms. The first-order valence-corrected chi connectivity index (χ1v) is 7.73. The Labute approximate surface area is 109 Å². The van der Waals surface area contributed by atoms with E-state index >= 15 is 0 Å². The first-order chi connectivity index (χ1) is 8.00. The van der Waals surface area contributed by atoms with Crippen LogP contribution in [0.4, 0.5) is 0 Å². The van der Waals surface area contributed by atoms with Crippen molar-refractivity contribution >= 4 is 0 Å². The van der Waals surface area contributed by atoms with Crippen LogP contribution in [0.5, 0.6) is 0 Å². The Balaban J connectivity index is 2.42. The molecule has 2 atom stereocenters. The highest BCUT2D eigenvalue weighted by atomic mass is 14.9. The molecule has 17 heavy (non-hydrogen) atoms. The summed E-state index contributed by atoms with van der Waals surface area (Å²) in [5.41, 5.74) is 0.508. The molecule has 0 aromatic rings. The average molecular weight is 239 g/mol. The Morgan fingerprint density at radius 2 is 1.41 bits per heavy atom. The smallest absolute Gasteiger partial charge is 0.00387 e. The van der Waals surface area contributed by atoms with Crippen LogP contribution in [0.15, 0.2) is 0 Å². The van der Waals surface area contributed by atoms with E-state index in [4.69, 9.17) is 0 Å². The van der Waals surface area contributed by atoms with Gasteiger partial charge in [0.2, 0.25) is 0 Å². The van der Waals surface area contributed by atoms with Crippen molar-refractivity contribution in [3.05, 3.63) is 0 Å². The fourth-order valence-electron chi connectivity index (χ4n) is 2.99. The van der Waals surface area contributed by atoms with Gasteiger partial charge in [0, 0.05) is 6.04 Å². The first kappa shape index (κ1) is 15.0. The van der Waals surface area contributed by atoms with E-state index in [1.165, 1.54) is 57.9 Å². The Bertz CT molecular complexity index is 192. The van der Waals surface area contributed by atoms with Crippen LogP contribution >= 0.6 is 0 Å². The zero-order valence-corrected chi connectivity index (χ0v) is 12.5. The molecule has 0 radical (unpaired) electrons. The van der Waals surface area contributed by atoms with E-state index in [0.29, 0.717) is 5.41 Å². The van der Waals surface area contributed by atoms with Gasteiger partial charge in [-0.1, -0.05) is 46.5 Å². The van der Waals surface area contributed by atoms with Crippen LogP contribution in [-0.2, 0) is 0 Å². The average Bonchev–Trinajstić information content (AvgIpc) is 2.21. The summed E-state index contributed by atoms with van der Waals surface area (Å²) in [7, 11) is 0. The Morgan fingerprint density at radius 3 is 2.06 bits per heavy atom. The Morgan fingerprint density at radius 1 is 0.824 bits per heavy atom. The zero-order valence-electron chi connectivity index (χ0n) is 12.5. The first-order valence-electron chi connectivity index (χ1n) is 7.73. The van der Waals surface area contributed by atoms with Crippen molar-refractivity contribution < 1.29 is 0 Å². The number of nitrogens with one attached hydrogen (secondary N) is 1. The van der Waals surface area contributed by atoms with Crippen molar-refractivity contribution in [2.45, 2.75) is 85.1 Å². The van der Waals surface area contributed by atoms with E-state index in [9.17, 15) is 0 Å². The molecule has 1 heterocycles. The molecule has 0 saturated carbocycles. The topological polar surface area (TPSA) is 12.0 Å².